The summed E-state index contributed by atoms with van der Waals surface area (Å²) in [7, 11) is 1.88. The van der Waals surface area contributed by atoms with Crippen molar-refractivity contribution in [3.05, 3.63) is 83.3 Å². The first kappa shape index (κ1) is 20.5. The van der Waals surface area contributed by atoms with E-state index < -0.39 is 17.6 Å². The molecule has 1 heterocycles. The fourth-order valence-electron chi connectivity index (χ4n) is 2.62. The Morgan fingerprint density at radius 1 is 1.03 bits per heavy atom. The number of carbonyl (C=O) groups excluding carboxylic acids is 2. The number of amidine groups is 1. The second-order valence-electron chi connectivity index (χ2n) is 6.35. The lowest BCUT2D eigenvalue weighted by Crippen LogP contribution is -2.20. The van der Waals surface area contributed by atoms with Crippen LogP contribution in [0.2, 0.25) is 0 Å². The van der Waals surface area contributed by atoms with Gasteiger partial charge in [-0.2, -0.15) is 0 Å². The average Bonchev–Trinajstić information content (AvgIpc) is 2.74. The van der Waals surface area contributed by atoms with Gasteiger partial charge in [-0.1, -0.05) is 34.9 Å². The van der Waals surface area contributed by atoms with Gasteiger partial charge in [0.15, 0.2) is 5.84 Å². The van der Waals surface area contributed by atoms with Crippen LogP contribution in [-0.2, 0) is 0 Å². The summed E-state index contributed by atoms with van der Waals surface area (Å²) in [5, 5.41) is 16.6. The molecule has 0 bridgehead atoms. The number of nitrogens with one attached hydrogen (secondary N) is 2. The van der Waals surface area contributed by atoms with E-state index in [1.807, 2.05) is 7.85 Å². The van der Waals surface area contributed by atoms with Crippen LogP contribution in [0.1, 0.15) is 26.3 Å². The predicted octanol–water partition coefficient (Wildman–Crippen LogP) is 1.08. The van der Waals surface area contributed by atoms with E-state index >= 15 is 0 Å². The Kier molecular flexibility index (Phi) is 6.07. The predicted molar refractivity (Wildman–Crippen MR) is 114 cm³/mol. The van der Waals surface area contributed by atoms with Gasteiger partial charge in [0.2, 0.25) is 0 Å². The minimum absolute atomic E-state index is 0.122. The van der Waals surface area contributed by atoms with Crippen LogP contribution >= 0.6 is 0 Å². The van der Waals surface area contributed by atoms with Crippen molar-refractivity contribution >= 4 is 42.5 Å². The number of benzene rings is 2. The van der Waals surface area contributed by atoms with E-state index in [2.05, 4.69) is 20.8 Å². The highest BCUT2D eigenvalue weighted by molar-refractivity contribution is 6.32. The van der Waals surface area contributed by atoms with Crippen molar-refractivity contribution < 1.29 is 19.2 Å². The Bertz CT molecular complexity index is 1140. The van der Waals surface area contributed by atoms with Crippen molar-refractivity contribution in [2.24, 2.45) is 10.9 Å². The summed E-state index contributed by atoms with van der Waals surface area (Å²) in [4.78, 5) is 29.3. The second-order valence-corrected chi connectivity index (χ2v) is 6.35. The Balaban J connectivity index is 1.81. The highest BCUT2D eigenvalue weighted by Gasteiger charge is 2.17. The first-order valence-electron chi connectivity index (χ1n) is 8.81. The molecular formula is C20H17BFN5O3. The largest absolute Gasteiger partial charge is 0.409 e. The standard InChI is InChI=1S/C20H17BFN5O3/c21-12-6-8-17(24-10-12)26-20(29)14-3-1-2-4-16(14)25-19(28)13-7-5-11(9-15(13)22)18(23)27-30/h1-10,30H,21H2,(H2,23,27)(H,25,28)(H,24,26,29). The fraction of sp³-hybridized carbons (Fsp3) is 0. The van der Waals surface area contributed by atoms with E-state index in [1.54, 1.807) is 30.5 Å². The van der Waals surface area contributed by atoms with E-state index in [4.69, 9.17) is 10.9 Å². The molecule has 2 aromatic carbocycles. The van der Waals surface area contributed by atoms with Gasteiger partial charge in [0.1, 0.15) is 19.5 Å². The van der Waals surface area contributed by atoms with Gasteiger partial charge in [-0.3, -0.25) is 9.59 Å². The lowest BCUT2D eigenvalue weighted by atomic mass is 9.99. The van der Waals surface area contributed by atoms with Gasteiger partial charge >= 0.3 is 0 Å². The number of hydrogen-bond donors (Lipinski definition) is 4. The van der Waals surface area contributed by atoms with Gasteiger partial charge in [0.25, 0.3) is 11.8 Å². The summed E-state index contributed by atoms with van der Waals surface area (Å²) in [5.74, 6) is -2.02. The van der Waals surface area contributed by atoms with Gasteiger partial charge in [-0.15, -0.1) is 0 Å². The first-order valence-corrected chi connectivity index (χ1v) is 8.81. The van der Waals surface area contributed by atoms with Crippen molar-refractivity contribution in [2.45, 2.75) is 0 Å². The molecule has 0 fully saturated rings. The number of carbonyl (C=O) groups is 2. The number of rotatable bonds is 5. The minimum Gasteiger partial charge on any atom is -0.409 e. The lowest BCUT2D eigenvalue weighted by molar-refractivity contribution is 0.102. The third-order valence-electron chi connectivity index (χ3n) is 4.19. The Morgan fingerprint density at radius 2 is 1.77 bits per heavy atom. The molecular weight excluding hydrogens is 388 g/mol. The Hall–Kier alpha value is -4.21. The van der Waals surface area contributed by atoms with E-state index in [0.717, 1.165) is 11.5 Å². The molecule has 3 aromatic rings. The number of oxime groups is 1. The molecule has 0 aliphatic carbocycles. The third kappa shape index (κ3) is 4.61. The van der Waals surface area contributed by atoms with Crippen molar-refractivity contribution in [1.82, 2.24) is 4.98 Å². The summed E-state index contributed by atoms with van der Waals surface area (Å²) in [6.07, 6.45) is 1.62. The topological polar surface area (TPSA) is 130 Å². The number of hydrogen-bond acceptors (Lipinski definition) is 5. The second kappa shape index (κ2) is 8.86. The van der Waals surface area contributed by atoms with Crippen LogP contribution in [-0.4, -0.2) is 35.7 Å². The highest BCUT2D eigenvalue weighted by atomic mass is 19.1. The van der Waals surface area contributed by atoms with Crippen LogP contribution in [0.25, 0.3) is 0 Å². The van der Waals surface area contributed by atoms with E-state index in [1.165, 1.54) is 24.3 Å². The number of anilines is 2. The molecule has 0 aliphatic heterocycles. The molecule has 0 spiro atoms. The highest BCUT2D eigenvalue weighted by Crippen LogP contribution is 2.19. The molecule has 10 heteroatoms. The molecule has 0 atom stereocenters. The molecule has 8 nitrogen and oxygen atoms in total. The van der Waals surface area contributed by atoms with Crippen LogP contribution in [0.15, 0.2) is 65.9 Å². The third-order valence-corrected chi connectivity index (χ3v) is 4.19. The lowest BCUT2D eigenvalue weighted by Gasteiger charge is -2.12. The van der Waals surface area contributed by atoms with Gasteiger partial charge in [-0.25, -0.2) is 9.37 Å². The fourth-order valence-corrected chi connectivity index (χ4v) is 2.62. The van der Waals surface area contributed by atoms with E-state index in [0.29, 0.717) is 5.82 Å². The summed E-state index contributed by atoms with van der Waals surface area (Å²) in [6.45, 7) is 0. The monoisotopic (exact) mass is 405 g/mol. The zero-order valence-corrected chi connectivity index (χ0v) is 15.9. The molecule has 3 rings (SSSR count). The van der Waals surface area contributed by atoms with Gasteiger partial charge in [0.05, 0.1) is 16.8 Å². The van der Waals surface area contributed by atoms with Crippen molar-refractivity contribution in [3.8, 4) is 0 Å². The van der Waals surface area contributed by atoms with Crippen LogP contribution < -0.4 is 21.8 Å². The molecule has 1 aromatic heterocycles. The molecule has 0 saturated heterocycles. The Morgan fingerprint density at radius 3 is 2.43 bits per heavy atom. The maximum absolute atomic E-state index is 14.3. The quantitative estimate of drug-likeness (QED) is 0.166. The summed E-state index contributed by atoms with van der Waals surface area (Å²) in [6, 6.07) is 13.3. The SMILES string of the molecule is Bc1ccc(NC(=O)c2ccccc2NC(=O)c2ccc(/C(N)=N\O)cc2F)nc1. The maximum atomic E-state index is 14.3. The number of para-hydroxylation sites is 1. The summed E-state index contributed by atoms with van der Waals surface area (Å²) >= 11 is 0. The van der Waals surface area contributed by atoms with Crippen LogP contribution in [0.4, 0.5) is 15.9 Å². The van der Waals surface area contributed by atoms with E-state index in [-0.39, 0.29) is 28.2 Å². The minimum atomic E-state index is -0.859. The van der Waals surface area contributed by atoms with Crippen molar-refractivity contribution in [2.75, 3.05) is 10.6 Å². The Labute approximate surface area is 172 Å². The number of halogens is 1. The first-order chi connectivity index (χ1) is 14.4. The van der Waals surface area contributed by atoms with Crippen molar-refractivity contribution in [1.29, 1.82) is 0 Å². The molecule has 0 aliphatic rings. The zero-order chi connectivity index (χ0) is 21.7. The van der Waals surface area contributed by atoms with Crippen LogP contribution in [0.3, 0.4) is 0 Å². The molecule has 0 saturated carbocycles. The number of nitrogens with two attached hydrogens (primary N) is 1. The van der Waals surface area contributed by atoms with Crippen LogP contribution in [0, 0.1) is 5.82 Å². The number of aromatic nitrogens is 1. The molecule has 150 valence electrons. The summed E-state index contributed by atoms with van der Waals surface area (Å²) < 4.78 is 14.3. The zero-order valence-electron chi connectivity index (χ0n) is 15.9. The normalized spacial score (nSPS) is 11.0. The van der Waals surface area contributed by atoms with Crippen molar-refractivity contribution in [3.63, 3.8) is 0 Å². The number of nitrogens with zero attached hydrogens (tertiary/aromatic N) is 2. The number of pyridine rings is 1. The molecule has 0 unspecified atom stereocenters. The smallest absolute Gasteiger partial charge is 0.258 e. The molecule has 2 amide bonds. The average molecular weight is 405 g/mol. The van der Waals surface area contributed by atoms with Gasteiger partial charge in [-0.05, 0) is 30.3 Å². The molecule has 0 radical (unpaired) electrons. The maximum Gasteiger partial charge on any atom is 0.258 e. The molecule has 30 heavy (non-hydrogen) atoms. The summed E-state index contributed by atoms with van der Waals surface area (Å²) in [5.41, 5.74) is 6.61. The van der Waals surface area contributed by atoms with Gasteiger partial charge in [0, 0.05) is 11.8 Å². The molecule has 5 N–H and O–H groups in total. The van der Waals surface area contributed by atoms with Gasteiger partial charge < -0.3 is 21.6 Å². The van der Waals surface area contributed by atoms with Crippen LogP contribution in [0.5, 0.6) is 0 Å². The number of amides is 2. The van der Waals surface area contributed by atoms with E-state index in [9.17, 15) is 14.0 Å².